The van der Waals surface area contributed by atoms with E-state index in [0.717, 1.165) is 79.5 Å². The second kappa shape index (κ2) is 10.9. The first-order chi connectivity index (χ1) is 18.6. The summed E-state index contributed by atoms with van der Waals surface area (Å²) in [5, 5.41) is 5.48. The fraction of sp³-hybridized carbons (Fsp3) is 0.393. The van der Waals surface area contributed by atoms with Crippen molar-refractivity contribution in [2.45, 2.75) is 13.0 Å². The standard InChI is InChI=1S/C28H31N7O3/c1-33-26(19-34-4-8-37-9-5-34)24(17-32-33)22-12-21-13-23(30-18-25(21)31-16-22)15-27(36)20-2-3-29-28(14-20)35-6-10-38-11-7-35/h2-3,12-14,16-18H,4-11,15,19H2,1H3. The van der Waals surface area contributed by atoms with Crippen molar-refractivity contribution < 1.29 is 14.3 Å². The lowest BCUT2D eigenvalue weighted by Gasteiger charge is -2.27. The summed E-state index contributed by atoms with van der Waals surface area (Å²) in [4.78, 5) is 31.3. The summed E-state index contributed by atoms with van der Waals surface area (Å²) in [7, 11) is 1.98. The molecule has 196 valence electrons. The van der Waals surface area contributed by atoms with E-state index in [1.165, 1.54) is 0 Å². The van der Waals surface area contributed by atoms with E-state index < -0.39 is 0 Å². The van der Waals surface area contributed by atoms with Crippen LogP contribution in [0.2, 0.25) is 0 Å². The molecule has 0 radical (unpaired) electrons. The van der Waals surface area contributed by atoms with Crippen molar-refractivity contribution >= 4 is 22.5 Å². The fourth-order valence-electron chi connectivity index (χ4n) is 5.01. The number of ether oxygens (including phenoxy) is 2. The number of aryl methyl sites for hydroxylation is 1. The molecule has 4 aromatic rings. The largest absolute Gasteiger partial charge is 0.379 e. The Hall–Kier alpha value is -3.73. The summed E-state index contributed by atoms with van der Waals surface area (Å²) in [6.45, 7) is 7.04. The lowest BCUT2D eigenvalue weighted by atomic mass is 10.0. The van der Waals surface area contributed by atoms with E-state index >= 15 is 0 Å². The summed E-state index contributed by atoms with van der Waals surface area (Å²) in [5.41, 5.74) is 5.36. The number of hydrogen-bond acceptors (Lipinski definition) is 9. The molecule has 2 aliphatic rings. The predicted octanol–water partition coefficient (Wildman–Crippen LogP) is 2.52. The molecule has 0 atom stereocenters. The van der Waals surface area contributed by atoms with E-state index in [-0.39, 0.29) is 12.2 Å². The highest BCUT2D eigenvalue weighted by Gasteiger charge is 2.19. The van der Waals surface area contributed by atoms with Crippen LogP contribution in [0, 0.1) is 0 Å². The van der Waals surface area contributed by atoms with Gasteiger partial charge in [-0.3, -0.25) is 24.3 Å². The van der Waals surface area contributed by atoms with Crippen molar-refractivity contribution in [2.24, 2.45) is 7.05 Å². The number of aromatic nitrogens is 5. The number of rotatable bonds is 7. The monoisotopic (exact) mass is 513 g/mol. The molecule has 0 N–H and O–H groups in total. The smallest absolute Gasteiger partial charge is 0.169 e. The zero-order valence-electron chi connectivity index (χ0n) is 21.5. The Bertz CT molecular complexity index is 1440. The minimum atomic E-state index is 0.0120. The third-order valence-corrected chi connectivity index (χ3v) is 7.22. The number of fused-ring (bicyclic) bond motifs is 1. The molecule has 0 unspecified atom stereocenters. The zero-order chi connectivity index (χ0) is 25.9. The molecule has 0 aromatic carbocycles. The van der Waals surface area contributed by atoms with Gasteiger partial charge in [-0.25, -0.2) is 4.98 Å². The van der Waals surface area contributed by atoms with Gasteiger partial charge in [0, 0.05) is 79.9 Å². The van der Waals surface area contributed by atoms with Gasteiger partial charge in [-0.05, 0) is 24.3 Å². The van der Waals surface area contributed by atoms with Crippen molar-refractivity contribution in [2.75, 3.05) is 57.5 Å². The van der Waals surface area contributed by atoms with Crippen LogP contribution >= 0.6 is 0 Å². The number of Topliss-reactive ketones (excluding diaryl/α,β-unsaturated/α-hetero) is 1. The van der Waals surface area contributed by atoms with Crippen LogP contribution in [0.5, 0.6) is 0 Å². The molecular formula is C28H31N7O3. The maximum atomic E-state index is 13.2. The minimum Gasteiger partial charge on any atom is -0.379 e. The Labute approximate surface area is 221 Å². The van der Waals surface area contributed by atoms with Gasteiger partial charge in [0.15, 0.2) is 5.78 Å². The highest BCUT2D eigenvalue weighted by Crippen LogP contribution is 2.27. The molecule has 10 nitrogen and oxygen atoms in total. The van der Waals surface area contributed by atoms with Gasteiger partial charge < -0.3 is 14.4 Å². The van der Waals surface area contributed by atoms with Crippen LogP contribution in [0.3, 0.4) is 0 Å². The maximum Gasteiger partial charge on any atom is 0.169 e. The van der Waals surface area contributed by atoms with Crippen molar-refractivity contribution in [1.82, 2.24) is 29.6 Å². The molecule has 0 amide bonds. The number of pyridine rings is 3. The molecular weight excluding hydrogens is 482 g/mol. The summed E-state index contributed by atoms with van der Waals surface area (Å²) < 4.78 is 12.9. The predicted molar refractivity (Wildman–Crippen MR) is 143 cm³/mol. The van der Waals surface area contributed by atoms with Crippen molar-refractivity contribution in [3.8, 4) is 11.1 Å². The van der Waals surface area contributed by atoms with Crippen molar-refractivity contribution in [3.63, 3.8) is 0 Å². The SMILES string of the molecule is Cn1ncc(-c2cnc3cnc(CC(=O)c4ccnc(N5CCOCC5)c4)cc3c2)c1CN1CCOCC1. The lowest BCUT2D eigenvalue weighted by molar-refractivity contribution is 0.0332. The van der Waals surface area contributed by atoms with Crippen LogP contribution in [-0.2, 0) is 29.5 Å². The summed E-state index contributed by atoms with van der Waals surface area (Å²) in [6.07, 6.45) is 7.43. The van der Waals surface area contributed by atoms with Gasteiger partial charge in [-0.2, -0.15) is 5.10 Å². The molecule has 4 aromatic heterocycles. The molecule has 6 heterocycles. The first-order valence-electron chi connectivity index (χ1n) is 13.0. The molecule has 10 heteroatoms. The van der Waals surface area contributed by atoms with E-state index in [0.29, 0.717) is 24.5 Å². The quantitative estimate of drug-likeness (QED) is 0.345. The molecule has 2 aliphatic heterocycles. The zero-order valence-corrected chi connectivity index (χ0v) is 21.5. The Morgan fingerprint density at radius 2 is 1.71 bits per heavy atom. The average Bonchev–Trinajstić information content (AvgIpc) is 3.33. The highest BCUT2D eigenvalue weighted by molar-refractivity contribution is 5.98. The van der Waals surface area contributed by atoms with Gasteiger partial charge in [0.25, 0.3) is 0 Å². The Morgan fingerprint density at radius 3 is 2.53 bits per heavy atom. The van der Waals surface area contributed by atoms with Crippen LogP contribution in [0.1, 0.15) is 21.7 Å². The molecule has 0 spiro atoms. The maximum absolute atomic E-state index is 13.2. The Morgan fingerprint density at radius 1 is 0.921 bits per heavy atom. The molecule has 0 saturated carbocycles. The van der Waals surface area contributed by atoms with E-state index in [2.05, 4.69) is 35.9 Å². The van der Waals surface area contributed by atoms with E-state index in [1.54, 1.807) is 18.5 Å². The minimum absolute atomic E-state index is 0.0120. The third kappa shape index (κ3) is 5.28. The molecule has 2 saturated heterocycles. The Kier molecular flexibility index (Phi) is 7.08. The van der Waals surface area contributed by atoms with Gasteiger partial charge in [0.2, 0.25) is 0 Å². The van der Waals surface area contributed by atoms with Crippen LogP contribution in [0.25, 0.3) is 22.0 Å². The molecule has 0 bridgehead atoms. The fourth-order valence-corrected chi connectivity index (χ4v) is 5.01. The number of carbonyl (C=O) groups excluding carboxylic acids is 1. The average molecular weight is 514 g/mol. The van der Waals surface area contributed by atoms with Gasteiger partial charge in [0.1, 0.15) is 5.82 Å². The van der Waals surface area contributed by atoms with Gasteiger partial charge in [-0.15, -0.1) is 0 Å². The molecule has 2 fully saturated rings. The third-order valence-electron chi connectivity index (χ3n) is 7.22. The van der Waals surface area contributed by atoms with Gasteiger partial charge in [-0.1, -0.05) is 0 Å². The van der Waals surface area contributed by atoms with Gasteiger partial charge in [0.05, 0.1) is 56.5 Å². The summed E-state index contributed by atoms with van der Waals surface area (Å²) in [5.74, 6) is 0.821. The van der Waals surface area contributed by atoms with Crippen molar-refractivity contribution in [3.05, 3.63) is 66.0 Å². The van der Waals surface area contributed by atoms with Gasteiger partial charge >= 0.3 is 0 Å². The summed E-state index contributed by atoms with van der Waals surface area (Å²) in [6, 6.07) is 7.71. The van der Waals surface area contributed by atoms with Crippen molar-refractivity contribution in [1.29, 1.82) is 0 Å². The topological polar surface area (TPSA) is 98.5 Å². The first kappa shape index (κ1) is 24.6. The first-order valence-corrected chi connectivity index (χ1v) is 13.0. The van der Waals surface area contributed by atoms with Crippen LogP contribution < -0.4 is 4.90 Å². The number of anilines is 1. The lowest BCUT2D eigenvalue weighted by Crippen LogP contribution is -2.36. The van der Waals surface area contributed by atoms with E-state index in [4.69, 9.17) is 9.47 Å². The number of carbonyl (C=O) groups is 1. The molecule has 38 heavy (non-hydrogen) atoms. The van der Waals surface area contributed by atoms with Crippen LogP contribution in [0.4, 0.5) is 5.82 Å². The van der Waals surface area contributed by atoms with Crippen LogP contribution in [0.15, 0.2) is 49.1 Å². The Balaban J connectivity index is 1.22. The number of nitrogens with zero attached hydrogens (tertiary/aromatic N) is 7. The molecule has 0 aliphatic carbocycles. The number of hydrogen-bond donors (Lipinski definition) is 0. The highest BCUT2D eigenvalue weighted by atomic mass is 16.5. The van der Waals surface area contributed by atoms with E-state index in [1.807, 2.05) is 36.3 Å². The number of morpholine rings is 2. The second-order valence-electron chi connectivity index (χ2n) is 9.71. The number of ketones is 1. The van der Waals surface area contributed by atoms with Crippen LogP contribution in [-0.4, -0.2) is 88.0 Å². The normalized spacial score (nSPS) is 16.7. The molecule has 6 rings (SSSR count). The van der Waals surface area contributed by atoms with E-state index in [9.17, 15) is 4.79 Å². The summed E-state index contributed by atoms with van der Waals surface area (Å²) >= 11 is 0. The second-order valence-corrected chi connectivity index (χ2v) is 9.71.